The molecule has 2 N–H and O–H groups in total. The van der Waals surface area contributed by atoms with Gasteiger partial charge in [-0.2, -0.15) is 0 Å². The maximum Gasteiger partial charge on any atom is 0.00766 e. The van der Waals surface area contributed by atoms with Crippen LogP contribution < -0.4 is 5.73 Å². The lowest BCUT2D eigenvalue weighted by Crippen LogP contribution is -2.51. The lowest BCUT2D eigenvalue weighted by atomic mass is 9.47. The van der Waals surface area contributed by atoms with E-state index in [1.807, 2.05) is 0 Å². The molecule has 8 atom stereocenters. The third kappa shape index (κ3) is 3.42. The summed E-state index contributed by atoms with van der Waals surface area (Å²) in [6.07, 6.45) is 18.1. The standard InChI is InChI=1S/C27H47N/c1-18(2)7-6-8-19(3)23-11-12-24-22-10-9-20-17-21(28)13-15-26(20,4)25(22)14-16-27(23,24)5/h9,18-19,21-25H,6-8,10-17,28H2,1-5H3/t19-,21+,22?,23?,24+,25-,26?,27?/m1/s1. The second-order valence-electron chi connectivity index (χ2n) is 12.3. The molecule has 0 aromatic rings. The average molecular weight is 386 g/mol. The van der Waals surface area contributed by atoms with Gasteiger partial charge in [-0.25, -0.2) is 0 Å². The van der Waals surface area contributed by atoms with Crippen LogP contribution in [0.25, 0.3) is 0 Å². The van der Waals surface area contributed by atoms with Gasteiger partial charge in [-0.05, 0) is 97.7 Å². The van der Waals surface area contributed by atoms with E-state index in [4.69, 9.17) is 5.73 Å². The highest BCUT2D eigenvalue weighted by atomic mass is 14.7. The van der Waals surface area contributed by atoms with Crippen LogP contribution in [0.2, 0.25) is 0 Å². The van der Waals surface area contributed by atoms with Crippen LogP contribution in [0.5, 0.6) is 0 Å². The molecule has 0 bridgehead atoms. The fraction of sp³-hybridized carbons (Fsp3) is 0.926. The summed E-state index contributed by atoms with van der Waals surface area (Å²) in [5, 5.41) is 0. The van der Waals surface area contributed by atoms with Gasteiger partial charge in [-0.1, -0.05) is 65.5 Å². The van der Waals surface area contributed by atoms with E-state index in [2.05, 4.69) is 40.7 Å². The molecule has 4 rings (SSSR count). The predicted molar refractivity (Wildman–Crippen MR) is 121 cm³/mol. The summed E-state index contributed by atoms with van der Waals surface area (Å²) in [5.41, 5.74) is 9.18. The topological polar surface area (TPSA) is 26.0 Å². The smallest absolute Gasteiger partial charge is 0.00766 e. The Morgan fingerprint density at radius 1 is 1.00 bits per heavy atom. The van der Waals surface area contributed by atoms with Gasteiger partial charge in [0.2, 0.25) is 0 Å². The summed E-state index contributed by atoms with van der Waals surface area (Å²) in [4.78, 5) is 0. The number of rotatable bonds is 5. The minimum absolute atomic E-state index is 0.423. The number of hydrogen-bond donors (Lipinski definition) is 1. The average Bonchev–Trinajstić information content (AvgIpc) is 2.99. The number of hydrogen-bond acceptors (Lipinski definition) is 1. The van der Waals surface area contributed by atoms with Crippen LogP contribution in [0, 0.1) is 46.3 Å². The zero-order valence-electron chi connectivity index (χ0n) is 19.5. The second-order valence-corrected chi connectivity index (χ2v) is 12.3. The Morgan fingerprint density at radius 3 is 2.54 bits per heavy atom. The van der Waals surface area contributed by atoms with Crippen molar-refractivity contribution in [3.63, 3.8) is 0 Å². The van der Waals surface area contributed by atoms with Crippen molar-refractivity contribution in [1.82, 2.24) is 0 Å². The van der Waals surface area contributed by atoms with Crippen LogP contribution in [-0.4, -0.2) is 6.04 Å². The SMILES string of the molecule is CC(C)CCC[C@@H](C)C1CC[C@H]2C3CC=C4C[C@@H](N)CCC4(C)[C@@H]3CCC12C. The molecule has 0 aromatic heterocycles. The number of fused-ring (bicyclic) bond motifs is 5. The van der Waals surface area contributed by atoms with Crippen molar-refractivity contribution < 1.29 is 0 Å². The lowest BCUT2D eigenvalue weighted by molar-refractivity contribution is -0.0508. The molecule has 4 aliphatic carbocycles. The van der Waals surface area contributed by atoms with Crippen molar-refractivity contribution in [2.75, 3.05) is 0 Å². The van der Waals surface area contributed by atoms with E-state index < -0.39 is 0 Å². The Bertz CT molecular complexity index is 591. The van der Waals surface area contributed by atoms with E-state index in [-0.39, 0.29) is 0 Å². The van der Waals surface area contributed by atoms with Gasteiger partial charge < -0.3 is 5.73 Å². The van der Waals surface area contributed by atoms with Crippen LogP contribution in [0.3, 0.4) is 0 Å². The van der Waals surface area contributed by atoms with Gasteiger partial charge in [0, 0.05) is 6.04 Å². The Hall–Kier alpha value is -0.300. The molecule has 4 aliphatic rings. The van der Waals surface area contributed by atoms with E-state index >= 15 is 0 Å². The van der Waals surface area contributed by atoms with E-state index in [0.29, 0.717) is 16.9 Å². The molecule has 3 saturated carbocycles. The first-order valence-corrected chi connectivity index (χ1v) is 12.7. The fourth-order valence-corrected chi connectivity index (χ4v) is 8.71. The lowest BCUT2D eigenvalue weighted by Gasteiger charge is -2.58. The zero-order valence-corrected chi connectivity index (χ0v) is 19.5. The Balaban J connectivity index is 1.49. The molecule has 0 radical (unpaired) electrons. The zero-order chi connectivity index (χ0) is 20.1. The molecule has 160 valence electrons. The summed E-state index contributed by atoms with van der Waals surface area (Å²) in [7, 11) is 0. The van der Waals surface area contributed by atoms with E-state index in [0.717, 1.165) is 35.5 Å². The second kappa shape index (κ2) is 7.75. The van der Waals surface area contributed by atoms with Crippen molar-refractivity contribution >= 4 is 0 Å². The molecule has 28 heavy (non-hydrogen) atoms. The molecule has 0 aromatic carbocycles. The molecule has 4 unspecified atom stereocenters. The summed E-state index contributed by atoms with van der Waals surface area (Å²) in [5.74, 6) is 5.63. The van der Waals surface area contributed by atoms with Crippen LogP contribution in [-0.2, 0) is 0 Å². The summed E-state index contributed by atoms with van der Waals surface area (Å²) >= 11 is 0. The van der Waals surface area contributed by atoms with Gasteiger partial charge in [0.05, 0.1) is 0 Å². The van der Waals surface area contributed by atoms with Gasteiger partial charge in [0.25, 0.3) is 0 Å². The summed E-state index contributed by atoms with van der Waals surface area (Å²) < 4.78 is 0. The molecule has 0 amide bonds. The Morgan fingerprint density at radius 2 is 1.79 bits per heavy atom. The Kier molecular flexibility index (Phi) is 5.80. The molecule has 0 aliphatic heterocycles. The largest absolute Gasteiger partial charge is 0.327 e. The normalized spacial score (nSPS) is 46.5. The summed E-state index contributed by atoms with van der Waals surface area (Å²) in [6.45, 7) is 12.7. The third-order valence-electron chi connectivity index (χ3n) is 10.3. The number of nitrogens with two attached hydrogens (primary N) is 1. The monoisotopic (exact) mass is 385 g/mol. The third-order valence-corrected chi connectivity index (χ3v) is 10.3. The van der Waals surface area contributed by atoms with Crippen molar-refractivity contribution in [3.8, 4) is 0 Å². The van der Waals surface area contributed by atoms with E-state index in [9.17, 15) is 0 Å². The van der Waals surface area contributed by atoms with Gasteiger partial charge in [-0.15, -0.1) is 0 Å². The fourth-order valence-electron chi connectivity index (χ4n) is 8.71. The highest BCUT2D eigenvalue weighted by Crippen LogP contribution is 2.67. The van der Waals surface area contributed by atoms with Crippen LogP contribution in [0.15, 0.2) is 11.6 Å². The van der Waals surface area contributed by atoms with Crippen molar-refractivity contribution in [1.29, 1.82) is 0 Å². The maximum atomic E-state index is 6.34. The van der Waals surface area contributed by atoms with Gasteiger partial charge >= 0.3 is 0 Å². The van der Waals surface area contributed by atoms with Crippen molar-refractivity contribution in [3.05, 3.63) is 11.6 Å². The molecule has 0 saturated heterocycles. The quantitative estimate of drug-likeness (QED) is 0.492. The molecular weight excluding hydrogens is 338 g/mol. The van der Waals surface area contributed by atoms with E-state index in [1.165, 1.54) is 70.6 Å². The molecule has 1 nitrogen and oxygen atoms in total. The minimum Gasteiger partial charge on any atom is -0.327 e. The minimum atomic E-state index is 0.423. The molecule has 3 fully saturated rings. The van der Waals surface area contributed by atoms with Gasteiger partial charge in [0.15, 0.2) is 0 Å². The predicted octanol–water partition coefficient (Wildman–Crippen LogP) is 7.36. The van der Waals surface area contributed by atoms with Crippen LogP contribution >= 0.6 is 0 Å². The van der Waals surface area contributed by atoms with Crippen LogP contribution in [0.4, 0.5) is 0 Å². The molecule has 1 heteroatoms. The highest BCUT2D eigenvalue weighted by molar-refractivity contribution is 5.25. The van der Waals surface area contributed by atoms with Crippen molar-refractivity contribution in [2.45, 2.75) is 111 Å². The molecule has 0 spiro atoms. The Labute approximate surface area is 175 Å². The first-order valence-electron chi connectivity index (χ1n) is 12.7. The maximum absolute atomic E-state index is 6.34. The first kappa shape index (κ1) is 21.0. The molecular formula is C27H47N. The van der Waals surface area contributed by atoms with Crippen LogP contribution in [0.1, 0.15) is 105 Å². The van der Waals surface area contributed by atoms with Crippen molar-refractivity contribution in [2.24, 2.45) is 52.1 Å². The van der Waals surface area contributed by atoms with Gasteiger partial charge in [-0.3, -0.25) is 0 Å². The highest BCUT2D eigenvalue weighted by Gasteiger charge is 2.58. The van der Waals surface area contributed by atoms with E-state index in [1.54, 1.807) is 5.57 Å². The molecule has 0 heterocycles. The summed E-state index contributed by atoms with van der Waals surface area (Å²) in [6, 6.07) is 0.423. The van der Waals surface area contributed by atoms with Gasteiger partial charge in [0.1, 0.15) is 0 Å². The first-order chi connectivity index (χ1) is 13.3. The number of allylic oxidation sites excluding steroid dienone is 1.